The third-order valence-corrected chi connectivity index (χ3v) is 4.69. The van der Waals surface area contributed by atoms with Crippen LogP contribution < -0.4 is 10.2 Å². The van der Waals surface area contributed by atoms with E-state index >= 15 is 0 Å². The molecule has 0 aliphatic carbocycles. The number of furan rings is 1. The number of rotatable bonds is 5. The Labute approximate surface area is 159 Å². The first kappa shape index (κ1) is 17.2. The van der Waals surface area contributed by atoms with Crippen molar-refractivity contribution in [2.75, 3.05) is 23.3 Å². The minimum absolute atomic E-state index is 0.179. The average molecular weight is 358 g/mol. The van der Waals surface area contributed by atoms with Gasteiger partial charge >= 0.3 is 0 Å². The lowest BCUT2D eigenvalue weighted by molar-refractivity contribution is -0.111. The summed E-state index contributed by atoms with van der Waals surface area (Å²) in [7, 11) is 0. The van der Waals surface area contributed by atoms with E-state index in [1.165, 1.54) is 24.6 Å². The first-order valence-electron chi connectivity index (χ1n) is 9.27. The molecule has 0 atom stereocenters. The second-order valence-electron chi connectivity index (χ2n) is 6.63. The van der Waals surface area contributed by atoms with Crippen LogP contribution in [0.3, 0.4) is 0 Å². The summed E-state index contributed by atoms with van der Waals surface area (Å²) >= 11 is 0. The number of anilines is 2. The number of carbonyl (C=O) groups is 1. The van der Waals surface area contributed by atoms with E-state index in [9.17, 15) is 4.79 Å². The van der Waals surface area contributed by atoms with E-state index in [1.54, 1.807) is 6.08 Å². The lowest BCUT2D eigenvalue weighted by atomic mass is 10.2. The second-order valence-corrected chi connectivity index (χ2v) is 6.63. The Hall–Kier alpha value is -3.27. The molecule has 1 fully saturated rings. The van der Waals surface area contributed by atoms with Gasteiger partial charge in [-0.1, -0.05) is 30.3 Å². The zero-order valence-corrected chi connectivity index (χ0v) is 15.1. The number of hydrogen-bond acceptors (Lipinski definition) is 3. The van der Waals surface area contributed by atoms with Crippen molar-refractivity contribution in [3.8, 4) is 11.3 Å². The van der Waals surface area contributed by atoms with Crippen molar-refractivity contribution in [2.24, 2.45) is 0 Å². The maximum absolute atomic E-state index is 12.2. The van der Waals surface area contributed by atoms with Gasteiger partial charge < -0.3 is 14.6 Å². The number of nitrogens with one attached hydrogen (secondary N) is 1. The number of carbonyl (C=O) groups excluding carboxylic acids is 1. The van der Waals surface area contributed by atoms with Gasteiger partial charge in [0, 0.05) is 36.1 Å². The first-order chi connectivity index (χ1) is 13.3. The lowest BCUT2D eigenvalue weighted by Crippen LogP contribution is -2.17. The van der Waals surface area contributed by atoms with Crippen LogP contribution in [0.2, 0.25) is 0 Å². The van der Waals surface area contributed by atoms with Crippen molar-refractivity contribution in [1.29, 1.82) is 0 Å². The summed E-state index contributed by atoms with van der Waals surface area (Å²) in [6, 6.07) is 21.7. The maximum atomic E-state index is 12.2. The summed E-state index contributed by atoms with van der Waals surface area (Å²) in [6.07, 6.45) is 5.67. The van der Waals surface area contributed by atoms with Crippen LogP contribution in [0, 0.1) is 0 Å². The fourth-order valence-corrected chi connectivity index (χ4v) is 3.27. The van der Waals surface area contributed by atoms with Gasteiger partial charge in [0.15, 0.2) is 0 Å². The highest BCUT2D eigenvalue weighted by Gasteiger charge is 2.11. The van der Waals surface area contributed by atoms with E-state index in [4.69, 9.17) is 4.42 Å². The van der Waals surface area contributed by atoms with Crippen molar-refractivity contribution in [2.45, 2.75) is 12.8 Å². The van der Waals surface area contributed by atoms with Crippen molar-refractivity contribution >= 4 is 23.4 Å². The molecule has 2 aromatic carbocycles. The smallest absolute Gasteiger partial charge is 0.248 e. The predicted molar refractivity (Wildman–Crippen MR) is 110 cm³/mol. The molecule has 1 aliphatic heterocycles. The van der Waals surface area contributed by atoms with Gasteiger partial charge in [0.2, 0.25) is 5.91 Å². The van der Waals surface area contributed by atoms with Gasteiger partial charge in [-0.3, -0.25) is 4.79 Å². The molecular weight excluding hydrogens is 336 g/mol. The van der Waals surface area contributed by atoms with E-state index in [2.05, 4.69) is 22.3 Å². The molecule has 1 amide bonds. The highest BCUT2D eigenvalue weighted by atomic mass is 16.3. The molecule has 1 saturated heterocycles. The Bertz CT molecular complexity index is 921. The van der Waals surface area contributed by atoms with Crippen LogP contribution in [0.4, 0.5) is 11.4 Å². The van der Waals surface area contributed by atoms with Gasteiger partial charge in [0.05, 0.1) is 0 Å². The van der Waals surface area contributed by atoms with Gasteiger partial charge in [-0.2, -0.15) is 0 Å². The highest BCUT2D eigenvalue weighted by Crippen LogP contribution is 2.23. The normalized spacial score (nSPS) is 14.0. The summed E-state index contributed by atoms with van der Waals surface area (Å²) in [4.78, 5) is 14.5. The molecule has 4 rings (SSSR count). The van der Waals surface area contributed by atoms with Crippen LogP contribution >= 0.6 is 0 Å². The Morgan fingerprint density at radius 3 is 2.41 bits per heavy atom. The van der Waals surface area contributed by atoms with Crippen LogP contribution in [0.5, 0.6) is 0 Å². The molecule has 0 unspecified atom stereocenters. The van der Waals surface area contributed by atoms with Crippen LogP contribution in [-0.4, -0.2) is 19.0 Å². The predicted octanol–water partition coefficient (Wildman–Crippen LogP) is 5.20. The number of hydrogen-bond donors (Lipinski definition) is 1. The molecule has 2 heterocycles. The SMILES string of the molecule is O=C(C=Cc1ccc(-c2ccccc2)o1)Nc1ccc(N2CCCC2)cc1. The molecule has 1 N–H and O–H groups in total. The quantitative estimate of drug-likeness (QED) is 0.638. The molecular formula is C23H22N2O2. The molecule has 1 aromatic heterocycles. The Morgan fingerprint density at radius 2 is 1.67 bits per heavy atom. The van der Waals surface area contributed by atoms with E-state index in [-0.39, 0.29) is 5.91 Å². The fraction of sp³-hybridized carbons (Fsp3) is 0.174. The van der Waals surface area contributed by atoms with E-state index in [0.29, 0.717) is 5.76 Å². The Morgan fingerprint density at radius 1 is 0.926 bits per heavy atom. The minimum Gasteiger partial charge on any atom is -0.457 e. The van der Waals surface area contributed by atoms with Crippen molar-refractivity contribution in [1.82, 2.24) is 0 Å². The molecule has 0 radical (unpaired) electrons. The van der Waals surface area contributed by atoms with Crippen molar-refractivity contribution < 1.29 is 9.21 Å². The van der Waals surface area contributed by atoms with E-state index < -0.39 is 0 Å². The zero-order chi connectivity index (χ0) is 18.5. The number of benzene rings is 2. The minimum atomic E-state index is -0.179. The third kappa shape index (κ3) is 4.29. The van der Waals surface area contributed by atoms with Crippen LogP contribution in [0.1, 0.15) is 18.6 Å². The fourth-order valence-electron chi connectivity index (χ4n) is 3.27. The van der Waals surface area contributed by atoms with Gasteiger partial charge in [-0.15, -0.1) is 0 Å². The van der Waals surface area contributed by atoms with Gasteiger partial charge in [0.1, 0.15) is 11.5 Å². The Balaban J connectivity index is 1.35. The summed E-state index contributed by atoms with van der Waals surface area (Å²) in [6.45, 7) is 2.23. The summed E-state index contributed by atoms with van der Waals surface area (Å²) in [5.41, 5.74) is 3.02. The largest absolute Gasteiger partial charge is 0.457 e. The number of amides is 1. The Kier molecular flexibility index (Phi) is 5.06. The summed E-state index contributed by atoms with van der Waals surface area (Å²) < 4.78 is 5.77. The van der Waals surface area contributed by atoms with Crippen LogP contribution in [-0.2, 0) is 4.79 Å². The first-order valence-corrected chi connectivity index (χ1v) is 9.27. The van der Waals surface area contributed by atoms with E-state index in [1.807, 2.05) is 54.6 Å². The molecule has 136 valence electrons. The molecule has 1 aliphatic rings. The summed E-state index contributed by atoms with van der Waals surface area (Å²) in [5.74, 6) is 1.25. The molecule has 4 heteroatoms. The van der Waals surface area contributed by atoms with Crippen LogP contribution in [0.25, 0.3) is 17.4 Å². The van der Waals surface area contributed by atoms with Crippen LogP contribution in [0.15, 0.2) is 77.2 Å². The molecule has 3 aromatic rings. The molecule has 0 spiro atoms. The van der Waals surface area contributed by atoms with Crippen molar-refractivity contribution in [3.05, 3.63) is 78.6 Å². The monoisotopic (exact) mass is 358 g/mol. The average Bonchev–Trinajstić information content (AvgIpc) is 3.40. The van der Waals surface area contributed by atoms with Gasteiger partial charge in [-0.25, -0.2) is 0 Å². The van der Waals surface area contributed by atoms with Crippen molar-refractivity contribution in [3.63, 3.8) is 0 Å². The highest BCUT2D eigenvalue weighted by molar-refractivity contribution is 6.01. The molecule has 4 nitrogen and oxygen atoms in total. The molecule has 27 heavy (non-hydrogen) atoms. The zero-order valence-electron chi connectivity index (χ0n) is 15.1. The third-order valence-electron chi connectivity index (χ3n) is 4.69. The van der Waals surface area contributed by atoms with Gasteiger partial charge in [0.25, 0.3) is 0 Å². The maximum Gasteiger partial charge on any atom is 0.248 e. The lowest BCUT2D eigenvalue weighted by Gasteiger charge is -2.17. The number of nitrogens with zero attached hydrogens (tertiary/aromatic N) is 1. The standard InChI is InChI=1S/C23H22N2O2/c26-23(24-19-8-10-20(11-9-19)25-16-4-5-17-25)15-13-21-12-14-22(27-21)18-6-2-1-3-7-18/h1-3,6-15H,4-5,16-17H2,(H,24,26). The topological polar surface area (TPSA) is 45.5 Å². The second kappa shape index (κ2) is 7.96. The summed E-state index contributed by atoms with van der Waals surface area (Å²) in [5, 5.41) is 2.88. The van der Waals surface area contributed by atoms with Gasteiger partial charge in [-0.05, 0) is 55.3 Å². The van der Waals surface area contributed by atoms with E-state index in [0.717, 1.165) is 30.1 Å². The molecule has 0 bridgehead atoms. The molecule has 0 saturated carbocycles.